The van der Waals surface area contributed by atoms with Gasteiger partial charge in [0.1, 0.15) is 18.0 Å². The maximum Gasteiger partial charge on any atom is 0.470 e. The van der Waals surface area contributed by atoms with Gasteiger partial charge in [0.25, 0.3) is 0 Å². The second kappa shape index (κ2) is 6.13. The number of aliphatic carboxylic acids is 1. The van der Waals surface area contributed by atoms with E-state index in [9.17, 15) is 24.4 Å². The van der Waals surface area contributed by atoms with Crippen molar-refractivity contribution in [1.29, 1.82) is 0 Å². The van der Waals surface area contributed by atoms with E-state index in [4.69, 9.17) is 14.9 Å². The van der Waals surface area contributed by atoms with Crippen LogP contribution in [0.5, 0.6) is 0 Å². The van der Waals surface area contributed by atoms with Gasteiger partial charge in [0.2, 0.25) is 0 Å². The van der Waals surface area contributed by atoms with Crippen LogP contribution in [0.3, 0.4) is 0 Å². The van der Waals surface area contributed by atoms with Crippen LogP contribution in [0.15, 0.2) is 11.1 Å². The standard InChI is InChI=1S/C10H15O9P/c1-4(11)2-5-6(10(14)15)3-7(12)8(13)9(5)19-20(16,17)18/h7-9,12-13H,2-3H2,1H3,(H,14,15)(H2,16,17,18). The zero-order valence-corrected chi connectivity index (χ0v) is 11.4. The summed E-state index contributed by atoms with van der Waals surface area (Å²) in [6.45, 7) is 1.15. The average Bonchev–Trinajstić information content (AvgIpc) is 2.26. The van der Waals surface area contributed by atoms with Crippen LogP contribution >= 0.6 is 7.82 Å². The molecule has 114 valence electrons. The van der Waals surface area contributed by atoms with Crippen LogP contribution in [0.25, 0.3) is 0 Å². The van der Waals surface area contributed by atoms with Gasteiger partial charge in [-0.3, -0.25) is 9.32 Å². The summed E-state index contributed by atoms with van der Waals surface area (Å²) >= 11 is 0. The monoisotopic (exact) mass is 310 g/mol. The van der Waals surface area contributed by atoms with Crippen LogP contribution < -0.4 is 0 Å². The fourth-order valence-corrected chi connectivity index (χ4v) is 2.56. The van der Waals surface area contributed by atoms with Crippen molar-refractivity contribution in [2.24, 2.45) is 0 Å². The van der Waals surface area contributed by atoms with Gasteiger partial charge in [-0.05, 0) is 12.5 Å². The third kappa shape index (κ3) is 4.20. The van der Waals surface area contributed by atoms with Crippen LogP contribution in [-0.2, 0) is 18.7 Å². The molecule has 1 aliphatic carbocycles. The van der Waals surface area contributed by atoms with Crippen molar-refractivity contribution in [1.82, 2.24) is 0 Å². The highest BCUT2D eigenvalue weighted by molar-refractivity contribution is 7.46. The Morgan fingerprint density at radius 1 is 1.35 bits per heavy atom. The summed E-state index contributed by atoms with van der Waals surface area (Å²) in [5.74, 6) is -1.92. The minimum Gasteiger partial charge on any atom is -0.478 e. The van der Waals surface area contributed by atoms with E-state index in [1.54, 1.807) is 0 Å². The summed E-state index contributed by atoms with van der Waals surface area (Å²) in [5, 5.41) is 28.3. The Hall–Kier alpha value is -1.09. The van der Waals surface area contributed by atoms with E-state index < -0.39 is 56.3 Å². The number of carbonyl (C=O) groups excluding carboxylic acids is 1. The Labute approximate surface area is 113 Å². The number of hydrogen-bond acceptors (Lipinski definition) is 6. The second-order valence-corrected chi connectivity index (χ2v) is 5.66. The molecule has 0 amide bonds. The van der Waals surface area contributed by atoms with E-state index in [0.29, 0.717) is 0 Å². The number of hydrogen-bond donors (Lipinski definition) is 5. The van der Waals surface area contributed by atoms with Crippen molar-refractivity contribution >= 4 is 19.6 Å². The molecule has 0 radical (unpaired) electrons. The molecule has 0 saturated carbocycles. The van der Waals surface area contributed by atoms with Crippen LogP contribution in [0, 0.1) is 0 Å². The first-order valence-electron chi connectivity index (χ1n) is 5.57. The molecule has 0 aromatic carbocycles. The highest BCUT2D eigenvalue weighted by Gasteiger charge is 2.42. The SMILES string of the molecule is CC(=O)CC1=C(C(=O)O)CC(O)C(O)C1OP(=O)(O)O. The lowest BCUT2D eigenvalue weighted by Gasteiger charge is -2.34. The Morgan fingerprint density at radius 3 is 2.30 bits per heavy atom. The summed E-state index contributed by atoms with van der Waals surface area (Å²) in [7, 11) is -5.05. The molecule has 0 heterocycles. The maximum atomic E-state index is 11.2. The zero-order valence-electron chi connectivity index (χ0n) is 10.5. The van der Waals surface area contributed by atoms with Crippen LogP contribution in [0.1, 0.15) is 19.8 Å². The number of rotatable bonds is 5. The van der Waals surface area contributed by atoms with Crippen LogP contribution in [0.4, 0.5) is 0 Å². The Morgan fingerprint density at radius 2 is 1.90 bits per heavy atom. The molecule has 0 spiro atoms. The zero-order chi connectivity index (χ0) is 15.7. The molecule has 0 aromatic rings. The van der Waals surface area contributed by atoms with Crippen LogP contribution in [0.2, 0.25) is 0 Å². The van der Waals surface area contributed by atoms with Gasteiger partial charge in [-0.1, -0.05) is 0 Å². The Kier molecular flexibility index (Phi) is 5.20. The van der Waals surface area contributed by atoms with Gasteiger partial charge in [-0.15, -0.1) is 0 Å². The first kappa shape index (κ1) is 17.0. The fourth-order valence-electron chi connectivity index (χ4n) is 2.01. The summed E-state index contributed by atoms with van der Waals surface area (Å²) in [6.07, 6.45) is -5.95. The molecule has 20 heavy (non-hydrogen) atoms. The van der Waals surface area contributed by atoms with E-state index in [0.717, 1.165) is 6.92 Å². The van der Waals surface area contributed by atoms with E-state index >= 15 is 0 Å². The molecular formula is C10H15O9P. The lowest BCUT2D eigenvalue weighted by molar-refractivity contribution is -0.134. The predicted octanol–water partition coefficient (Wildman–Crippen LogP) is -1.05. The summed E-state index contributed by atoms with van der Waals surface area (Å²) in [4.78, 5) is 39.8. The van der Waals surface area contributed by atoms with E-state index in [1.807, 2.05) is 0 Å². The average molecular weight is 310 g/mol. The predicted molar refractivity (Wildman–Crippen MR) is 63.5 cm³/mol. The molecule has 1 rings (SSSR count). The third-order valence-electron chi connectivity index (χ3n) is 2.80. The number of Topliss-reactive ketones (excluding diaryl/α,β-unsaturated/α-hetero) is 1. The number of aliphatic hydroxyl groups is 2. The topological polar surface area (TPSA) is 162 Å². The third-order valence-corrected chi connectivity index (χ3v) is 3.30. The quantitative estimate of drug-likeness (QED) is 0.399. The number of carboxylic acids is 1. The van der Waals surface area contributed by atoms with Gasteiger partial charge in [0, 0.05) is 18.4 Å². The normalized spacial score (nSPS) is 27.6. The Balaban J connectivity index is 3.30. The van der Waals surface area contributed by atoms with Crippen LogP contribution in [-0.4, -0.2) is 55.2 Å². The number of carbonyl (C=O) groups is 2. The summed E-state index contributed by atoms with van der Waals surface area (Å²) < 4.78 is 15.2. The van der Waals surface area contributed by atoms with Crippen molar-refractivity contribution < 1.29 is 43.8 Å². The smallest absolute Gasteiger partial charge is 0.470 e. The van der Waals surface area contributed by atoms with Crippen molar-refractivity contribution in [3.05, 3.63) is 11.1 Å². The first-order chi connectivity index (χ1) is 9.03. The molecule has 0 aliphatic heterocycles. The molecule has 0 saturated heterocycles. The number of carboxylic acid groups (broad SMARTS) is 1. The molecule has 3 unspecified atom stereocenters. The summed E-state index contributed by atoms with van der Waals surface area (Å²) in [5.41, 5.74) is -0.637. The molecule has 0 fully saturated rings. The number of ketones is 1. The van der Waals surface area contributed by atoms with Gasteiger partial charge in [0.05, 0.1) is 6.10 Å². The van der Waals surface area contributed by atoms with Gasteiger partial charge < -0.3 is 25.1 Å². The first-order valence-corrected chi connectivity index (χ1v) is 7.10. The van der Waals surface area contributed by atoms with Gasteiger partial charge >= 0.3 is 13.8 Å². The molecule has 9 nitrogen and oxygen atoms in total. The molecule has 10 heteroatoms. The summed E-state index contributed by atoms with van der Waals surface area (Å²) in [6, 6.07) is 0. The molecule has 1 aliphatic rings. The van der Waals surface area contributed by atoms with Gasteiger partial charge in [0.15, 0.2) is 0 Å². The van der Waals surface area contributed by atoms with Crippen molar-refractivity contribution in [3.8, 4) is 0 Å². The lowest BCUT2D eigenvalue weighted by Crippen LogP contribution is -2.45. The van der Waals surface area contributed by atoms with Crippen molar-refractivity contribution in [2.75, 3.05) is 0 Å². The Bertz CT molecular complexity index is 491. The van der Waals surface area contributed by atoms with Gasteiger partial charge in [-0.2, -0.15) is 0 Å². The number of phosphoric acid groups is 1. The second-order valence-electron chi connectivity index (χ2n) is 4.47. The van der Waals surface area contributed by atoms with E-state index in [-0.39, 0.29) is 5.57 Å². The fraction of sp³-hybridized carbons (Fsp3) is 0.600. The minimum atomic E-state index is -5.05. The number of aliphatic hydroxyl groups excluding tert-OH is 2. The highest BCUT2D eigenvalue weighted by atomic mass is 31.2. The molecule has 3 atom stereocenters. The van der Waals surface area contributed by atoms with E-state index in [1.165, 1.54) is 0 Å². The van der Waals surface area contributed by atoms with Crippen molar-refractivity contribution in [3.63, 3.8) is 0 Å². The molecule has 5 N–H and O–H groups in total. The minimum absolute atomic E-state index is 0.244. The van der Waals surface area contributed by atoms with Gasteiger partial charge in [-0.25, -0.2) is 9.36 Å². The van der Waals surface area contributed by atoms with Crippen molar-refractivity contribution in [2.45, 2.75) is 38.1 Å². The maximum absolute atomic E-state index is 11.2. The largest absolute Gasteiger partial charge is 0.478 e. The van der Waals surface area contributed by atoms with E-state index in [2.05, 4.69) is 4.52 Å². The molecule has 0 bridgehead atoms. The number of phosphoric ester groups is 1. The lowest BCUT2D eigenvalue weighted by atomic mass is 9.83. The molecular weight excluding hydrogens is 295 g/mol. The highest BCUT2D eigenvalue weighted by Crippen LogP contribution is 2.43. The molecule has 0 aromatic heterocycles.